The highest BCUT2D eigenvalue weighted by Crippen LogP contribution is 2.42. The smallest absolute Gasteiger partial charge is 0.355 e. The summed E-state index contributed by atoms with van der Waals surface area (Å²) in [6.45, 7) is 8.37. The third-order valence-corrected chi connectivity index (χ3v) is 10.6. The topological polar surface area (TPSA) is 114 Å². The van der Waals surface area contributed by atoms with Crippen molar-refractivity contribution in [3.05, 3.63) is 56.9 Å². The molecule has 2 aliphatic heterocycles. The number of hydrogen-bond acceptors (Lipinski definition) is 8. The molecular formula is C42H56N2O7. The van der Waals surface area contributed by atoms with Crippen LogP contribution in [-0.4, -0.2) is 27.5 Å². The molecule has 2 aromatic heterocycles. The van der Waals surface area contributed by atoms with E-state index in [0.29, 0.717) is 54.1 Å². The number of rotatable bonds is 20. The predicted molar refractivity (Wildman–Crippen MR) is 199 cm³/mol. The molecule has 0 amide bonds. The van der Waals surface area contributed by atoms with Gasteiger partial charge >= 0.3 is 17.9 Å². The lowest BCUT2D eigenvalue weighted by atomic mass is 9.85. The van der Waals surface area contributed by atoms with Crippen molar-refractivity contribution in [1.82, 2.24) is 9.55 Å². The summed E-state index contributed by atoms with van der Waals surface area (Å²) in [7, 11) is 0. The maximum absolute atomic E-state index is 14.1. The van der Waals surface area contributed by atoms with Gasteiger partial charge in [-0.15, -0.1) is 0 Å². The normalized spacial score (nSPS) is 16.0. The predicted octanol–water partition coefficient (Wildman–Crippen LogP) is 9.38. The standard InChI is InChI=1S/C42H56N2O7/c1-5-9-11-13-15-17-19-21-37(45)50-29-23-24-35-31(25-29)30(7-3)32-27-44-36(39(32)43-35)26-34-33(40(44)47)28-49-41(48)42(34,8-4)51-38(46)22-20-18-16-14-12-10-6-2/h23-26H,5-22,27-28H2,1-4H3/t42-/m0/s1. The van der Waals surface area contributed by atoms with Crippen LogP contribution in [0, 0.1) is 0 Å². The Hall–Kier alpha value is -4.01. The number of benzene rings is 1. The maximum Gasteiger partial charge on any atom is 0.355 e. The number of aryl methyl sites for hydroxylation is 1. The fourth-order valence-corrected chi connectivity index (χ4v) is 7.65. The largest absolute Gasteiger partial charge is 0.457 e. The van der Waals surface area contributed by atoms with Gasteiger partial charge in [0, 0.05) is 29.4 Å². The van der Waals surface area contributed by atoms with Crippen LogP contribution < -0.4 is 10.3 Å². The van der Waals surface area contributed by atoms with Gasteiger partial charge in [0.2, 0.25) is 5.60 Å². The molecule has 3 aromatic rings. The van der Waals surface area contributed by atoms with Crippen LogP contribution in [0.1, 0.15) is 159 Å². The summed E-state index contributed by atoms with van der Waals surface area (Å²) < 4.78 is 19.0. The summed E-state index contributed by atoms with van der Waals surface area (Å²) in [4.78, 5) is 58.3. The molecule has 1 aromatic carbocycles. The van der Waals surface area contributed by atoms with Crippen LogP contribution >= 0.6 is 0 Å². The molecule has 5 rings (SSSR count). The minimum Gasteiger partial charge on any atom is -0.457 e. The molecule has 0 aliphatic carbocycles. The minimum atomic E-state index is -1.69. The average molecular weight is 701 g/mol. The second kappa shape index (κ2) is 18.0. The van der Waals surface area contributed by atoms with Crippen LogP contribution in [0.3, 0.4) is 0 Å². The Morgan fingerprint density at radius 3 is 2.06 bits per heavy atom. The van der Waals surface area contributed by atoms with E-state index in [-0.39, 0.29) is 31.0 Å². The summed E-state index contributed by atoms with van der Waals surface area (Å²) in [5.74, 6) is -0.870. The lowest BCUT2D eigenvalue weighted by molar-refractivity contribution is -0.189. The van der Waals surface area contributed by atoms with E-state index in [0.717, 1.165) is 60.6 Å². The minimum absolute atomic E-state index is 0.142. The van der Waals surface area contributed by atoms with Crippen molar-refractivity contribution >= 4 is 28.8 Å². The first kappa shape index (κ1) is 38.2. The molecule has 0 fully saturated rings. The number of carbonyl (C=O) groups excluding carboxylic acids is 3. The molecule has 0 bridgehead atoms. The molecule has 0 unspecified atom stereocenters. The molecule has 276 valence electrons. The highest BCUT2D eigenvalue weighted by molar-refractivity contribution is 5.91. The molecule has 1 atom stereocenters. The lowest BCUT2D eigenvalue weighted by Crippen LogP contribution is -2.47. The van der Waals surface area contributed by atoms with Crippen LogP contribution in [0.4, 0.5) is 0 Å². The average Bonchev–Trinajstić information content (AvgIpc) is 3.49. The Morgan fingerprint density at radius 1 is 0.804 bits per heavy atom. The summed E-state index contributed by atoms with van der Waals surface area (Å²) in [6.07, 6.45) is 16.8. The third kappa shape index (κ3) is 8.56. The van der Waals surface area contributed by atoms with E-state index >= 15 is 0 Å². The van der Waals surface area contributed by atoms with Crippen molar-refractivity contribution < 1.29 is 28.6 Å². The molecule has 0 saturated carbocycles. The van der Waals surface area contributed by atoms with Crippen molar-refractivity contribution in [3.8, 4) is 17.1 Å². The van der Waals surface area contributed by atoms with Gasteiger partial charge in [0.05, 0.1) is 29.0 Å². The quantitative estimate of drug-likeness (QED) is 0.0509. The second-order valence-electron chi connectivity index (χ2n) is 14.2. The highest BCUT2D eigenvalue weighted by Gasteiger charge is 2.50. The van der Waals surface area contributed by atoms with E-state index < -0.39 is 17.5 Å². The zero-order valence-corrected chi connectivity index (χ0v) is 31.2. The van der Waals surface area contributed by atoms with Crippen LogP contribution in [0.5, 0.6) is 5.75 Å². The Balaban J connectivity index is 1.37. The van der Waals surface area contributed by atoms with Crippen molar-refractivity contribution in [3.63, 3.8) is 0 Å². The van der Waals surface area contributed by atoms with Gasteiger partial charge in [-0.1, -0.05) is 105 Å². The summed E-state index contributed by atoms with van der Waals surface area (Å²) in [5, 5.41) is 0.879. The molecule has 9 nitrogen and oxygen atoms in total. The molecule has 9 heteroatoms. The Kier molecular flexibility index (Phi) is 13.5. The van der Waals surface area contributed by atoms with Crippen molar-refractivity contribution in [2.24, 2.45) is 0 Å². The lowest BCUT2D eigenvalue weighted by Gasteiger charge is -2.35. The van der Waals surface area contributed by atoms with Gasteiger partial charge in [-0.05, 0) is 55.5 Å². The second-order valence-corrected chi connectivity index (χ2v) is 14.2. The van der Waals surface area contributed by atoms with Gasteiger partial charge in [-0.25, -0.2) is 9.78 Å². The maximum atomic E-state index is 14.1. The van der Waals surface area contributed by atoms with Crippen molar-refractivity contribution in [1.29, 1.82) is 0 Å². The number of nitrogens with zero attached hydrogens (tertiary/aromatic N) is 2. The van der Waals surface area contributed by atoms with E-state index in [1.54, 1.807) is 17.6 Å². The van der Waals surface area contributed by atoms with Gasteiger partial charge in [-0.2, -0.15) is 0 Å². The van der Waals surface area contributed by atoms with Crippen LogP contribution in [-0.2, 0) is 49.0 Å². The first-order chi connectivity index (χ1) is 24.8. The number of hydrogen-bond donors (Lipinski definition) is 0. The zero-order chi connectivity index (χ0) is 36.4. The van der Waals surface area contributed by atoms with Crippen LogP contribution in [0.15, 0.2) is 29.1 Å². The van der Waals surface area contributed by atoms with Gasteiger partial charge in [-0.3, -0.25) is 14.4 Å². The van der Waals surface area contributed by atoms with Gasteiger partial charge in [0.15, 0.2) is 0 Å². The van der Waals surface area contributed by atoms with Crippen LogP contribution in [0.2, 0.25) is 0 Å². The van der Waals surface area contributed by atoms with E-state index in [1.807, 2.05) is 18.2 Å². The molecule has 0 radical (unpaired) electrons. The Bertz CT molecular complexity index is 1780. The SMILES string of the molecule is CCCCCCCCCC(=O)Oc1ccc2nc3c(c(CC)c2c1)Cn1c-3cc2c(c1=O)COC(=O)[C@@]2(CC)OC(=O)CCCCCCCCC. The summed E-state index contributed by atoms with van der Waals surface area (Å²) >= 11 is 0. The number of pyridine rings is 2. The molecule has 0 spiro atoms. The fourth-order valence-electron chi connectivity index (χ4n) is 7.65. The van der Waals surface area contributed by atoms with E-state index in [2.05, 4.69) is 20.8 Å². The van der Waals surface area contributed by atoms with Crippen molar-refractivity contribution in [2.45, 2.75) is 162 Å². The Labute approximate surface area is 302 Å². The number of ether oxygens (including phenoxy) is 3. The number of esters is 3. The van der Waals surface area contributed by atoms with Crippen molar-refractivity contribution in [2.75, 3.05) is 0 Å². The van der Waals surface area contributed by atoms with Gasteiger partial charge in [0.25, 0.3) is 5.56 Å². The van der Waals surface area contributed by atoms with Gasteiger partial charge in [0.1, 0.15) is 12.4 Å². The number of aromatic nitrogens is 2. The highest BCUT2D eigenvalue weighted by atomic mass is 16.6. The molecule has 2 aliphatic rings. The van der Waals surface area contributed by atoms with Crippen LogP contribution in [0.25, 0.3) is 22.3 Å². The van der Waals surface area contributed by atoms with E-state index in [9.17, 15) is 19.2 Å². The molecule has 0 saturated heterocycles. The van der Waals surface area contributed by atoms with E-state index in [4.69, 9.17) is 19.2 Å². The monoisotopic (exact) mass is 700 g/mol. The first-order valence-corrected chi connectivity index (χ1v) is 19.6. The number of unbranched alkanes of at least 4 members (excludes halogenated alkanes) is 12. The third-order valence-electron chi connectivity index (χ3n) is 10.6. The van der Waals surface area contributed by atoms with Gasteiger partial charge < -0.3 is 18.8 Å². The molecule has 51 heavy (non-hydrogen) atoms. The zero-order valence-electron chi connectivity index (χ0n) is 31.2. The molecule has 0 N–H and O–H groups in total. The fraction of sp³-hybridized carbons (Fsp3) is 0.595. The molecule has 4 heterocycles. The number of cyclic esters (lactones) is 1. The number of carbonyl (C=O) groups is 3. The molecular weight excluding hydrogens is 644 g/mol. The Morgan fingerprint density at radius 2 is 1.43 bits per heavy atom. The number of fused-ring (bicyclic) bond motifs is 5. The first-order valence-electron chi connectivity index (χ1n) is 19.6. The summed E-state index contributed by atoms with van der Waals surface area (Å²) in [6, 6.07) is 7.30. The summed E-state index contributed by atoms with van der Waals surface area (Å²) in [5.41, 5.74) is 2.67. The van der Waals surface area contributed by atoms with E-state index in [1.165, 1.54) is 44.9 Å².